The lowest BCUT2D eigenvalue weighted by atomic mass is 10.3. The molecule has 1 amide bonds. The van der Waals surface area contributed by atoms with E-state index in [2.05, 4.69) is 5.10 Å². The fraction of sp³-hybridized carbons (Fsp3) is 0.211. The molecular formula is C19H19N5O5. The summed E-state index contributed by atoms with van der Waals surface area (Å²) in [5, 5.41) is 15.1. The van der Waals surface area contributed by atoms with Crippen molar-refractivity contribution in [1.29, 1.82) is 0 Å². The summed E-state index contributed by atoms with van der Waals surface area (Å²) in [6, 6.07) is 10.7. The zero-order valence-corrected chi connectivity index (χ0v) is 15.9. The van der Waals surface area contributed by atoms with E-state index in [-0.39, 0.29) is 11.4 Å². The summed E-state index contributed by atoms with van der Waals surface area (Å²) >= 11 is 0. The van der Waals surface area contributed by atoms with E-state index in [9.17, 15) is 19.7 Å². The van der Waals surface area contributed by atoms with Gasteiger partial charge in [-0.15, -0.1) is 0 Å². The molecule has 0 saturated heterocycles. The van der Waals surface area contributed by atoms with Crippen LogP contribution >= 0.6 is 0 Å². The zero-order chi connectivity index (χ0) is 21.0. The average molecular weight is 397 g/mol. The summed E-state index contributed by atoms with van der Waals surface area (Å²) in [6.45, 7) is -0.181. The predicted octanol–water partition coefficient (Wildman–Crippen LogP) is 1.93. The molecule has 0 saturated carbocycles. The highest BCUT2D eigenvalue weighted by atomic mass is 16.6. The van der Waals surface area contributed by atoms with Gasteiger partial charge in [0.15, 0.2) is 6.61 Å². The number of aromatic nitrogens is 3. The number of esters is 1. The third-order valence-electron chi connectivity index (χ3n) is 4.24. The first kappa shape index (κ1) is 19.8. The molecule has 29 heavy (non-hydrogen) atoms. The van der Waals surface area contributed by atoms with E-state index in [0.717, 1.165) is 17.3 Å². The van der Waals surface area contributed by atoms with Crippen molar-refractivity contribution in [3.05, 3.63) is 76.4 Å². The quantitative estimate of drug-likeness (QED) is 0.342. The van der Waals surface area contributed by atoms with E-state index in [1.54, 1.807) is 17.9 Å². The monoisotopic (exact) mass is 397 g/mol. The maximum absolute atomic E-state index is 12.3. The van der Waals surface area contributed by atoms with Crippen molar-refractivity contribution in [2.75, 3.05) is 13.7 Å². The van der Waals surface area contributed by atoms with Crippen LogP contribution in [-0.4, -0.2) is 49.7 Å². The summed E-state index contributed by atoms with van der Waals surface area (Å²) in [5.74, 6) is -1.21. The molecule has 150 valence electrons. The Morgan fingerprint density at radius 3 is 2.62 bits per heavy atom. The first-order valence-corrected chi connectivity index (χ1v) is 8.66. The Hall–Kier alpha value is -3.95. The molecule has 2 aromatic heterocycles. The van der Waals surface area contributed by atoms with Crippen LogP contribution in [0.4, 0.5) is 5.69 Å². The van der Waals surface area contributed by atoms with Gasteiger partial charge in [-0.2, -0.15) is 5.10 Å². The minimum atomic E-state index is -0.806. The van der Waals surface area contributed by atoms with E-state index in [1.165, 1.54) is 22.7 Å². The molecular weight excluding hydrogens is 378 g/mol. The molecule has 3 aromatic rings. The zero-order valence-electron chi connectivity index (χ0n) is 15.9. The van der Waals surface area contributed by atoms with Gasteiger partial charge in [-0.1, -0.05) is 18.2 Å². The van der Waals surface area contributed by atoms with Crippen molar-refractivity contribution < 1.29 is 19.2 Å². The van der Waals surface area contributed by atoms with Gasteiger partial charge in [0.05, 0.1) is 23.0 Å². The molecule has 0 bridgehead atoms. The van der Waals surface area contributed by atoms with Gasteiger partial charge in [0.1, 0.15) is 5.69 Å². The molecule has 0 N–H and O–H groups in total. The van der Waals surface area contributed by atoms with Gasteiger partial charge in [-0.05, 0) is 12.1 Å². The van der Waals surface area contributed by atoms with Crippen molar-refractivity contribution in [1.82, 2.24) is 19.2 Å². The number of nitrogens with zero attached hydrogens (tertiary/aromatic N) is 5. The van der Waals surface area contributed by atoms with E-state index in [4.69, 9.17) is 4.74 Å². The molecule has 0 fully saturated rings. The number of likely N-dealkylation sites (N-methyl/N-ethyl adjacent to an activating group) is 1. The highest BCUT2D eigenvalue weighted by Gasteiger charge is 2.20. The van der Waals surface area contributed by atoms with Crippen LogP contribution in [0.5, 0.6) is 0 Å². The number of nitro groups is 1. The number of rotatable bonds is 7. The maximum atomic E-state index is 12.3. The van der Waals surface area contributed by atoms with Crippen LogP contribution < -0.4 is 0 Å². The number of hydrogen-bond acceptors (Lipinski definition) is 6. The van der Waals surface area contributed by atoms with Crippen molar-refractivity contribution in [2.24, 2.45) is 7.05 Å². The van der Waals surface area contributed by atoms with Crippen LogP contribution in [0.3, 0.4) is 0 Å². The minimum absolute atomic E-state index is 0.00343. The average Bonchev–Trinajstić information content (AvgIpc) is 3.33. The normalized spacial score (nSPS) is 10.6. The lowest BCUT2D eigenvalue weighted by molar-refractivity contribution is -0.384. The number of hydrogen-bond donors (Lipinski definition) is 0. The van der Waals surface area contributed by atoms with Crippen LogP contribution in [-0.2, 0) is 23.1 Å². The molecule has 0 aliphatic carbocycles. The van der Waals surface area contributed by atoms with Crippen LogP contribution in [0.1, 0.15) is 16.1 Å². The van der Waals surface area contributed by atoms with E-state index >= 15 is 0 Å². The largest absolute Gasteiger partial charge is 0.451 e. The molecule has 10 nitrogen and oxygen atoms in total. The number of ether oxygens (including phenoxy) is 1. The Kier molecular flexibility index (Phi) is 5.72. The summed E-state index contributed by atoms with van der Waals surface area (Å²) in [6.07, 6.45) is 4.68. The Bertz CT molecular complexity index is 1040. The molecule has 3 rings (SSSR count). The highest BCUT2D eigenvalue weighted by molar-refractivity contribution is 5.90. The number of benzene rings is 1. The Balaban J connectivity index is 1.55. The number of amides is 1. The van der Waals surface area contributed by atoms with Crippen LogP contribution in [0.2, 0.25) is 0 Å². The molecule has 0 spiro atoms. The summed E-state index contributed by atoms with van der Waals surface area (Å²) < 4.78 is 7.99. The Morgan fingerprint density at radius 2 is 1.97 bits per heavy atom. The van der Waals surface area contributed by atoms with Gasteiger partial charge < -0.3 is 14.2 Å². The van der Waals surface area contributed by atoms with Gasteiger partial charge in [0, 0.05) is 38.5 Å². The number of para-hydroxylation sites is 1. The van der Waals surface area contributed by atoms with Crippen molar-refractivity contribution >= 4 is 17.6 Å². The van der Waals surface area contributed by atoms with Crippen molar-refractivity contribution in [2.45, 2.75) is 6.54 Å². The van der Waals surface area contributed by atoms with Crippen LogP contribution in [0, 0.1) is 10.1 Å². The fourth-order valence-corrected chi connectivity index (χ4v) is 2.69. The third-order valence-corrected chi connectivity index (χ3v) is 4.24. The molecule has 0 aliphatic rings. The molecule has 0 radical (unpaired) electrons. The second-order valence-corrected chi connectivity index (χ2v) is 6.41. The second-order valence-electron chi connectivity index (χ2n) is 6.41. The molecule has 1 aromatic carbocycles. The first-order chi connectivity index (χ1) is 13.8. The Labute approximate surface area is 166 Å². The van der Waals surface area contributed by atoms with Gasteiger partial charge in [0.2, 0.25) is 0 Å². The number of carbonyl (C=O) groups excluding carboxylic acids is 2. The predicted molar refractivity (Wildman–Crippen MR) is 102 cm³/mol. The number of aryl methyl sites for hydroxylation is 1. The summed E-state index contributed by atoms with van der Waals surface area (Å²) in [4.78, 5) is 35.9. The summed E-state index contributed by atoms with van der Waals surface area (Å²) in [7, 11) is 3.07. The van der Waals surface area contributed by atoms with E-state index in [0.29, 0.717) is 6.54 Å². The van der Waals surface area contributed by atoms with Crippen LogP contribution in [0.25, 0.3) is 5.69 Å². The maximum Gasteiger partial charge on any atom is 0.355 e. The first-order valence-electron chi connectivity index (χ1n) is 8.66. The van der Waals surface area contributed by atoms with E-state index < -0.39 is 23.4 Å². The van der Waals surface area contributed by atoms with Gasteiger partial charge in [-0.3, -0.25) is 14.9 Å². The van der Waals surface area contributed by atoms with Gasteiger partial charge >= 0.3 is 5.97 Å². The standard InChI is InChI=1S/C19H19N5O5/c1-21-12-16(24(27)28)8-17(21)19(26)29-13-18(25)22(2)10-14-9-20-23(11-14)15-6-4-3-5-7-15/h3-9,11-12H,10,13H2,1-2H3. The second kappa shape index (κ2) is 8.38. The van der Waals surface area contributed by atoms with E-state index in [1.807, 2.05) is 36.5 Å². The summed E-state index contributed by atoms with van der Waals surface area (Å²) in [5.41, 5.74) is 1.49. The number of carbonyl (C=O) groups is 2. The highest BCUT2D eigenvalue weighted by Crippen LogP contribution is 2.16. The van der Waals surface area contributed by atoms with Gasteiger partial charge in [-0.25, -0.2) is 9.48 Å². The third kappa shape index (κ3) is 4.67. The van der Waals surface area contributed by atoms with Crippen LogP contribution in [0.15, 0.2) is 55.0 Å². The Morgan fingerprint density at radius 1 is 1.24 bits per heavy atom. The molecule has 0 atom stereocenters. The van der Waals surface area contributed by atoms with Gasteiger partial charge in [0.25, 0.3) is 11.6 Å². The topological polar surface area (TPSA) is 113 Å². The van der Waals surface area contributed by atoms with Crippen molar-refractivity contribution in [3.8, 4) is 5.69 Å². The molecule has 0 unspecified atom stereocenters. The van der Waals surface area contributed by atoms with Crippen molar-refractivity contribution in [3.63, 3.8) is 0 Å². The minimum Gasteiger partial charge on any atom is -0.451 e. The smallest absolute Gasteiger partial charge is 0.355 e. The fourth-order valence-electron chi connectivity index (χ4n) is 2.69. The SMILES string of the molecule is CN(Cc1cnn(-c2ccccc2)c1)C(=O)COC(=O)c1cc([N+](=O)[O-])cn1C. The lowest BCUT2D eigenvalue weighted by Gasteiger charge is -2.16. The molecule has 2 heterocycles. The molecule has 0 aliphatic heterocycles. The molecule has 10 heteroatoms. The lowest BCUT2D eigenvalue weighted by Crippen LogP contribution is -2.31.